The van der Waals surface area contributed by atoms with E-state index in [9.17, 15) is 4.79 Å². The highest BCUT2D eigenvalue weighted by atomic mass is 16.2. The molecule has 0 bridgehead atoms. The maximum Gasteiger partial charge on any atom is 0.223 e. The van der Waals surface area contributed by atoms with Crippen molar-refractivity contribution in [2.45, 2.75) is 31.7 Å². The number of amides is 1. The van der Waals surface area contributed by atoms with E-state index in [4.69, 9.17) is 9.97 Å². The van der Waals surface area contributed by atoms with E-state index in [1.54, 1.807) is 0 Å². The third kappa shape index (κ3) is 3.13. The summed E-state index contributed by atoms with van der Waals surface area (Å²) in [5.41, 5.74) is 2.00. The van der Waals surface area contributed by atoms with Gasteiger partial charge in [0.15, 0.2) is 5.82 Å². The Hall–Kier alpha value is -2.95. The van der Waals surface area contributed by atoms with Crippen LogP contribution in [0, 0.1) is 17.8 Å². The Balaban J connectivity index is 1.33. The normalized spacial score (nSPS) is 25.5. The molecule has 30 heavy (non-hydrogen) atoms. The van der Waals surface area contributed by atoms with Crippen LogP contribution in [0.3, 0.4) is 0 Å². The molecule has 1 amide bonds. The SMILES string of the molecule is O=C(NC1CC1)[C@@H]1C[C@H]2CCN(c3nc(-c4ccccc4)nc4ccccc34)C[C@H]21. The summed E-state index contributed by atoms with van der Waals surface area (Å²) in [4.78, 5) is 24.9. The van der Waals surface area contributed by atoms with Gasteiger partial charge in [0.25, 0.3) is 0 Å². The number of carbonyl (C=O) groups is 1. The van der Waals surface area contributed by atoms with Gasteiger partial charge in [-0.05, 0) is 49.7 Å². The third-order valence-electron chi connectivity index (χ3n) is 7.06. The lowest BCUT2D eigenvalue weighted by molar-refractivity contribution is -0.134. The molecule has 1 N–H and O–H groups in total. The Morgan fingerprint density at radius 3 is 2.60 bits per heavy atom. The molecular weight excluding hydrogens is 372 g/mol. The Morgan fingerprint density at radius 2 is 1.77 bits per heavy atom. The van der Waals surface area contributed by atoms with Crippen molar-refractivity contribution in [2.24, 2.45) is 17.8 Å². The quantitative estimate of drug-likeness (QED) is 0.721. The molecule has 3 fully saturated rings. The number of carbonyl (C=O) groups excluding carboxylic acids is 1. The van der Waals surface area contributed by atoms with Crippen molar-refractivity contribution < 1.29 is 4.79 Å². The van der Waals surface area contributed by atoms with Crippen LogP contribution in [-0.4, -0.2) is 35.0 Å². The van der Waals surface area contributed by atoms with Crippen molar-refractivity contribution >= 4 is 22.6 Å². The molecule has 3 aliphatic rings. The molecule has 6 rings (SSSR count). The third-order valence-corrected chi connectivity index (χ3v) is 7.06. The van der Waals surface area contributed by atoms with E-state index in [1.165, 1.54) is 0 Å². The lowest BCUT2D eigenvalue weighted by atomic mass is 9.61. The molecule has 152 valence electrons. The number of benzene rings is 2. The number of fused-ring (bicyclic) bond motifs is 2. The molecule has 3 aromatic rings. The zero-order valence-electron chi connectivity index (χ0n) is 17.0. The monoisotopic (exact) mass is 398 g/mol. The van der Waals surface area contributed by atoms with Gasteiger partial charge in [-0.25, -0.2) is 9.97 Å². The molecule has 0 radical (unpaired) electrons. The Morgan fingerprint density at radius 1 is 0.967 bits per heavy atom. The molecule has 2 aromatic carbocycles. The maximum absolute atomic E-state index is 12.7. The van der Waals surface area contributed by atoms with Gasteiger partial charge in [0, 0.05) is 36.0 Å². The molecule has 1 saturated heterocycles. The summed E-state index contributed by atoms with van der Waals surface area (Å²) in [5, 5.41) is 4.31. The number of para-hydroxylation sites is 1. The van der Waals surface area contributed by atoms with E-state index in [0.717, 1.165) is 66.9 Å². The van der Waals surface area contributed by atoms with Gasteiger partial charge in [0.05, 0.1) is 5.52 Å². The van der Waals surface area contributed by atoms with Crippen LogP contribution in [0.5, 0.6) is 0 Å². The molecule has 1 aromatic heterocycles. The molecule has 3 atom stereocenters. The number of anilines is 1. The second-order valence-corrected chi connectivity index (χ2v) is 9.04. The van der Waals surface area contributed by atoms with Crippen LogP contribution in [0.4, 0.5) is 5.82 Å². The number of nitrogens with zero attached hydrogens (tertiary/aromatic N) is 3. The first kappa shape index (κ1) is 17.9. The van der Waals surface area contributed by atoms with Crippen LogP contribution in [0.15, 0.2) is 54.6 Å². The van der Waals surface area contributed by atoms with Gasteiger partial charge in [-0.1, -0.05) is 42.5 Å². The van der Waals surface area contributed by atoms with Crippen molar-refractivity contribution in [3.8, 4) is 11.4 Å². The lowest BCUT2D eigenvalue weighted by Gasteiger charge is -2.50. The standard InChI is InChI=1S/C25H26N4O/c30-25(26-18-10-11-18)20-14-17-12-13-29(15-21(17)20)24-19-8-4-5-9-22(19)27-23(28-24)16-6-2-1-3-7-16/h1-9,17-18,20-21H,10-15H2,(H,26,30)/t17-,20-,21-/m1/s1. The Labute approximate surface area is 176 Å². The molecular formula is C25H26N4O. The average molecular weight is 399 g/mol. The van der Waals surface area contributed by atoms with Crippen molar-refractivity contribution in [3.05, 3.63) is 54.6 Å². The Bertz CT molecular complexity index is 1090. The fourth-order valence-electron chi connectivity index (χ4n) is 5.13. The van der Waals surface area contributed by atoms with Crippen molar-refractivity contribution in [1.29, 1.82) is 0 Å². The minimum atomic E-state index is 0.167. The number of aromatic nitrogens is 2. The summed E-state index contributed by atoms with van der Waals surface area (Å²) in [5.74, 6) is 3.33. The van der Waals surface area contributed by atoms with Gasteiger partial charge < -0.3 is 10.2 Å². The number of nitrogens with one attached hydrogen (secondary N) is 1. The van der Waals surface area contributed by atoms with Crippen LogP contribution < -0.4 is 10.2 Å². The number of hydrogen-bond acceptors (Lipinski definition) is 4. The molecule has 0 unspecified atom stereocenters. The van der Waals surface area contributed by atoms with E-state index < -0.39 is 0 Å². The molecule has 2 saturated carbocycles. The summed E-state index contributed by atoms with van der Waals surface area (Å²) < 4.78 is 0. The minimum absolute atomic E-state index is 0.167. The molecule has 0 spiro atoms. The van der Waals surface area contributed by atoms with E-state index in [2.05, 4.69) is 40.5 Å². The topological polar surface area (TPSA) is 58.1 Å². The highest BCUT2D eigenvalue weighted by Crippen LogP contribution is 2.47. The molecule has 5 nitrogen and oxygen atoms in total. The second-order valence-electron chi connectivity index (χ2n) is 9.04. The summed E-state index contributed by atoms with van der Waals surface area (Å²) in [6.07, 6.45) is 4.48. The number of piperidine rings is 1. The molecule has 2 aliphatic carbocycles. The number of hydrogen-bond donors (Lipinski definition) is 1. The largest absolute Gasteiger partial charge is 0.356 e. The van der Waals surface area contributed by atoms with Gasteiger partial charge in [0.1, 0.15) is 5.82 Å². The van der Waals surface area contributed by atoms with E-state index >= 15 is 0 Å². The lowest BCUT2D eigenvalue weighted by Crippen LogP contribution is -2.55. The van der Waals surface area contributed by atoms with E-state index in [1.807, 2.05) is 24.3 Å². The highest BCUT2D eigenvalue weighted by Gasteiger charge is 2.48. The smallest absolute Gasteiger partial charge is 0.223 e. The van der Waals surface area contributed by atoms with Gasteiger partial charge >= 0.3 is 0 Å². The van der Waals surface area contributed by atoms with Gasteiger partial charge in [-0.3, -0.25) is 4.79 Å². The van der Waals surface area contributed by atoms with Crippen LogP contribution in [0.25, 0.3) is 22.3 Å². The predicted octanol–water partition coefficient (Wildman–Crippen LogP) is 4.04. The summed E-state index contributed by atoms with van der Waals surface area (Å²) in [6, 6.07) is 18.9. The van der Waals surface area contributed by atoms with Crippen molar-refractivity contribution in [2.75, 3.05) is 18.0 Å². The first-order chi connectivity index (χ1) is 14.8. The van der Waals surface area contributed by atoms with Gasteiger partial charge in [0.2, 0.25) is 5.91 Å². The van der Waals surface area contributed by atoms with Crippen molar-refractivity contribution in [3.63, 3.8) is 0 Å². The maximum atomic E-state index is 12.7. The average Bonchev–Trinajstić information content (AvgIpc) is 3.58. The molecule has 5 heteroatoms. The summed E-state index contributed by atoms with van der Waals surface area (Å²) >= 11 is 0. The fraction of sp³-hybridized carbons (Fsp3) is 0.400. The van der Waals surface area contributed by atoms with Crippen LogP contribution in [0.1, 0.15) is 25.7 Å². The molecule has 2 heterocycles. The first-order valence-corrected chi connectivity index (χ1v) is 11.1. The van der Waals surface area contributed by atoms with Crippen molar-refractivity contribution in [1.82, 2.24) is 15.3 Å². The summed E-state index contributed by atoms with van der Waals surface area (Å²) in [6.45, 7) is 1.90. The van der Waals surface area contributed by atoms with Crippen LogP contribution >= 0.6 is 0 Å². The van der Waals surface area contributed by atoms with E-state index in [0.29, 0.717) is 17.9 Å². The minimum Gasteiger partial charge on any atom is -0.356 e. The fourth-order valence-corrected chi connectivity index (χ4v) is 5.13. The Kier molecular flexibility index (Phi) is 4.22. The number of rotatable bonds is 4. The summed E-state index contributed by atoms with van der Waals surface area (Å²) in [7, 11) is 0. The van der Waals surface area contributed by atoms with Crippen LogP contribution in [0.2, 0.25) is 0 Å². The van der Waals surface area contributed by atoms with E-state index in [-0.39, 0.29) is 11.8 Å². The predicted molar refractivity (Wildman–Crippen MR) is 118 cm³/mol. The molecule has 1 aliphatic heterocycles. The zero-order chi connectivity index (χ0) is 20.1. The first-order valence-electron chi connectivity index (χ1n) is 11.1. The van der Waals surface area contributed by atoms with Crippen LogP contribution in [-0.2, 0) is 4.79 Å². The zero-order valence-corrected chi connectivity index (χ0v) is 17.0. The second kappa shape index (κ2) is 7.08. The van der Waals surface area contributed by atoms with Gasteiger partial charge in [-0.2, -0.15) is 0 Å². The highest BCUT2D eigenvalue weighted by molar-refractivity contribution is 5.91. The van der Waals surface area contributed by atoms with Gasteiger partial charge in [-0.15, -0.1) is 0 Å².